The second-order valence-electron chi connectivity index (χ2n) is 4.82. The summed E-state index contributed by atoms with van der Waals surface area (Å²) < 4.78 is 0. The second kappa shape index (κ2) is 5.50. The zero-order chi connectivity index (χ0) is 16.0. The van der Waals surface area contributed by atoms with E-state index < -0.39 is 0 Å². The van der Waals surface area contributed by atoms with E-state index >= 15 is 0 Å². The summed E-state index contributed by atoms with van der Waals surface area (Å²) >= 11 is 13.1. The molecule has 7 heteroatoms. The Hall–Kier alpha value is -1.69. The highest BCUT2D eigenvalue weighted by Crippen LogP contribution is 2.32. The molecule has 0 aliphatic heterocycles. The van der Waals surface area contributed by atoms with E-state index in [0.717, 1.165) is 0 Å². The smallest absolute Gasteiger partial charge is 0.221 e. The fourth-order valence-corrected chi connectivity index (χ4v) is 3.34. The Morgan fingerprint density at radius 3 is 2.50 bits per heavy atom. The van der Waals surface area contributed by atoms with Gasteiger partial charge < -0.3 is 5.32 Å². The third-order valence-corrected chi connectivity index (χ3v) is 5.00. The number of fused-ring (bicyclic) bond motifs is 1. The molecule has 3 rings (SSSR count). The van der Waals surface area contributed by atoms with Gasteiger partial charge in [-0.3, -0.25) is 9.59 Å². The van der Waals surface area contributed by atoms with Crippen molar-refractivity contribution in [1.29, 1.82) is 0 Å². The standard InChI is InChI=1S/C15H10Cl2N2O2S/c1-6-11(19-8-3-4-9(16)10(17)5-8)14(21)15-12(13(6)20)18-7(2)22-15/h3-5,19H,1-2H3. The Morgan fingerprint density at radius 2 is 1.82 bits per heavy atom. The number of halogens is 2. The topological polar surface area (TPSA) is 59.1 Å². The molecular weight excluding hydrogens is 343 g/mol. The number of carbonyl (C=O) groups excluding carboxylic acids is 2. The van der Waals surface area contributed by atoms with Gasteiger partial charge >= 0.3 is 0 Å². The number of hydrogen-bond donors (Lipinski definition) is 1. The number of thiazole rings is 1. The summed E-state index contributed by atoms with van der Waals surface area (Å²) in [5.41, 5.74) is 1.42. The van der Waals surface area contributed by atoms with Gasteiger partial charge in [-0.15, -0.1) is 11.3 Å². The third-order valence-electron chi connectivity index (χ3n) is 3.29. The quantitative estimate of drug-likeness (QED) is 0.862. The summed E-state index contributed by atoms with van der Waals surface area (Å²) in [6.07, 6.45) is 0. The number of ketones is 2. The van der Waals surface area contributed by atoms with Crippen molar-refractivity contribution >= 4 is 51.8 Å². The minimum atomic E-state index is -0.235. The van der Waals surface area contributed by atoms with E-state index in [1.165, 1.54) is 11.3 Å². The fraction of sp³-hybridized carbons (Fsp3) is 0.133. The van der Waals surface area contributed by atoms with Gasteiger partial charge in [-0.25, -0.2) is 4.98 Å². The van der Waals surface area contributed by atoms with Crippen LogP contribution in [0, 0.1) is 6.92 Å². The molecule has 1 aromatic heterocycles. The maximum absolute atomic E-state index is 12.6. The lowest BCUT2D eigenvalue weighted by Crippen LogP contribution is -2.24. The van der Waals surface area contributed by atoms with E-state index in [-0.39, 0.29) is 23.0 Å². The Balaban J connectivity index is 2.02. The minimum absolute atomic E-state index is 0.233. The summed E-state index contributed by atoms with van der Waals surface area (Å²) in [6, 6.07) is 4.93. The number of allylic oxidation sites excluding steroid dienone is 2. The highest BCUT2D eigenvalue weighted by Gasteiger charge is 2.33. The van der Waals surface area contributed by atoms with Gasteiger partial charge in [-0.05, 0) is 32.0 Å². The average molecular weight is 353 g/mol. The largest absolute Gasteiger partial charge is 0.352 e. The van der Waals surface area contributed by atoms with Crippen molar-refractivity contribution in [3.8, 4) is 0 Å². The van der Waals surface area contributed by atoms with E-state index in [2.05, 4.69) is 10.3 Å². The predicted molar refractivity (Wildman–Crippen MR) is 88.3 cm³/mol. The van der Waals surface area contributed by atoms with Crippen LogP contribution < -0.4 is 5.32 Å². The number of benzene rings is 1. The van der Waals surface area contributed by atoms with Crippen molar-refractivity contribution in [2.24, 2.45) is 0 Å². The lowest BCUT2D eigenvalue weighted by atomic mass is 9.97. The maximum atomic E-state index is 12.6. The Morgan fingerprint density at radius 1 is 1.09 bits per heavy atom. The molecule has 0 spiro atoms. The first-order valence-electron chi connectivity index (χ1n) is 6.38. The van der Waals surface area contributed by atoms with Gasteiger partial charge in [0.2, 0.25) is 11.6 Å². The minimum Gasteiger partial charge on any atom is -0.352 e. The summed E-state index contributed by atoms with van der Waals surface area (Å²) in [4.78, 5) is 29.4. The molecule has 0 saturated heterocycles. The van der Waals surface area contributed by atoms with Crippen LogP contribution in [0.3, 0.4) is 0 Å². The Bertz CT molecular complexity index is 855. The predicted octanol–water partition coefficient (Wildman–Crippen LogP) is 4.52. The molecule has 0 atom stereocenters. The zero-order valence-corrected chi connectivity index (χ0v) is 14.0. The van der Waals surface area contributed by atoms with Crippen molar-refractivity contribution in [1.82, 2.24) is 4.98 Å². The molecule has 0 unspecified atom stereocenters. The third kappa shape index (κ3) is 2.45. The maximum Gasteiger partial charge on any atom is 0.221 e. The van der Waals surface area contributed by atoms with Crippen molar-refractivity contribution < 1.29 is 9.59 Å². The van der Waals surface area contributed by atoms with Crippen molar-refractivity contribution in [3.63, 3.8) is 0 Å². The summed E-state index contributed by atoms with van der Waals surface area (Å²) in [6.45, 7) is 3.38. The number of rotatable bonds is 2. The van der Waals surface area contributed by atoms with Gasteiger partial charge in [0, 0.05) is 11.3 Å². The van der Waals surface area contributed by atoms with Crippen LogP contribution in [0.1, 0.15) is 32.1 Å². The van der Waals surface area contributed by atoms with Crippen molar-refractivity contribution in [2.45, 2.75) is 13.8 Å². The normalized spacial score (nSPS) is 14.4. The van der Waals surface area contributed by atoms with Gasteiger partial charge in [0.15, 0.2) is 0 Å². The lowest BCUT2D eigenvalue weighted by Gasteiger charge is -2.17. The van der Waals surface area contributed by atoms with Crippen LogP contribution in [-0.4, -0.2) is 16.6 Å². The molecule has 1 aliphatic carbocycles. The van der Waals surface area contributed by atoms with E-state index in [1.54, 1.807) is 32.0 Å². The lowest BCUT2D eigenvalue weighted by molar-refractivity contribution is 0.0976. The van der Waals surface area contributed by atoms with Gasteiger partial charge in [0.1, 0.15) is 10.6 Å². The number of carbonyl (C=O) groups is 2. The SMILES string of the molecule is CC1=C(Nc2ccc(Cl)c(Cl)c2)C(=O)c2sc(C)nc2C1=O. The molecule has 0 radical (unpaired) electrons. The molecule has 22 heavy (non-hydrogen) atoms. The molecule has 2 aromatic rings. The van der Waals surface area contributed by atoms with Crippen LogP contribution in [-0.2, 0) is 0 Å². The molecule has 0 amide bonds. The first-order valence-corrected chi connectivity index (χ1v) is 7.95. The highest BCUT2D eigenvalue weighted by molar-refractivity contribution is 7.14. The molecule has 4 nitrogen and oxygen atoms in total. The van der Waals surface area contributed by atoms with Gasteiger partial charge in [-0.2, -0.15) is 0 Å². The number of nitrogens with zero attached hydrogens (tertiary/aromatic N) is 1. The van der Waals surface area contributed by atoms with Crippen LogP contribution in [0.2, 0.25) is 10.0 Å². The number of anilines is 1. The van der Waals surface area contributed by atoms with E-state index in [4.69, 9.17) is 23.2 Å². The summed E-state index contributed by atoms with van der Waals surface area (Å²) in [5.74, 6) is -0.467. The second-order valence-corrected chi connectivity index (χ2v) is 6.84. The average Bonchev–Trinajstić information content (AvgIpc) is 2.87. The molecule has 1 heterocycles. The van der Waals surface area contributed by atoms with Crippen molar-refractivity contribution in [3.05, 3.63) is 55.1 Å². The van der Waals surface area contributed by atoms with Crippen LogP contribution in [0.4, 0.5) is 5.69 Å². The first kappa shape index (κ1) is 15.2. The summed E-state index contributed by atoms with van der Waals surface area (Å²) in [7, 11) is 0. The van der Waals surface area contributed by atoms with Gasteiger partial charge in [0.25, 0.3) is 0 Å². The van der Waals surface area contributed by atoms with Crippen LogP contribution in [0.5, 0.6) is 0 Å². The van der Waals surface area contributed by atoms with Gasteiger partial charge in [0.05, 0.1) is 20.7 Å². The molecule has 0 bridgehead atoms. The monoisotopic (exact) mass is 352 g/mol. The fourth-order valence-electron chi connectivity index (χ4n) is 2.18. The first-order chi connectivity index (χ1) is 10.4. The van der Waals surface area contributed by atoms with E-state index in [0.29, 0.717) is 31.2 Å². The van der Waals surface area contributed by atoms with E-state index in [1.807, 2.05) is 0 Å². The number of aromatic nitrogens is 1. The van der Waals surface area contributed by atoms with Crippen molar-refractivity contribution in [2.75, 3.05) is 5.32 Å². The van der Waals surface area contributed by atoms with Crippen LogP contribution >= 0.6 is 34.5 Å². The Labute approximate surface area is 140 Å². The van der Waals surface area contributed by atoms with Gasteiger partial charge in [-0.1, -0.05) is 23.2 Å². The number of Topliss-reactive ketones (excluding diaryl/α,β-unsaturated/α-hetero) is 2. The Kier molecular flexibility index (Phi) is 3.80. The molecule has 0 fully saturated rings. The van der Waals surface area contributed by atoms with Crippen LogP contribution in [0.15, 0.2) is 29.5 Å². The number of hydrogen-bond acceptors (Lipinski definition) is 5. The molecule has 112 valence electrons. The molecule has 1 aromatic carbocycles. The molecular formula is C15H10Cl2N2O2S. The number of nitrogens with one attached hydrogen (secondary N) is 1. The summed E-state index contributed by atoms with van der Waals surface area (Å²) in [5, 5.41) is 4.45. The van der Waals surface area contributed by atoms with E-state index in [9.17, 15) is 9.59 Å². The molecule has 0 saturated carbocycles. The number of aryl methyl sites for hydroxylation is 1. The van der Waals surface area contributed by atoms with Crippen LogP contribution in [0.25, 0.3) is 0 Å². The molecule has 1 N–H and O–H groups in total. The zero-order valence-electron chi connectivity index (χ0n) is 11.7. The highest BCUT2D eigenvalue weighted by atomic mass is 35.5. The molecule has 1 aliphatic rings.